The normalized spacial score (nSPS) is 45.4. The maximum Gasteiger partial charge on any atom is 0.190 e. The lowest BCUT2D eigenvalue weighted by atomic mass is 10.1. The van der Waals surface area contributed by atoms with E-state index in [1.54, 1.807) is 13.8 Å². The van der Waals surface area contributed by atoms with E-state index in [0.717, 1.165) is 0 Å². The van der Waals surface area contributed by atoms with E-state index >= 15 is 0 Å². The van der Waals surface area contributed by atoms with E-state index in [-0.39, 0.29) is 0 Å². The van der Waals surface area contributed by atoms with Crippen molar-refractivity contribution in [2.75, 3.05) is 6.61 Å². The van der Waals surface area contributed by atoms with Gasteiger partial charge in [-0.05, 0) is 13.8 Å². The largest absolute Gasteiger partial charge is 0.394 e. The van der Waals surface area contributed by atoms with Gasteiger partial charge in [0.15, 0.2) is 18.2 Å². The summed E-state index contributed by atoms with van der Waals surface area (Å²) < 4.78 is 29.5. The first-order chi connectivity index (χ1) is 6.94. The van der Waals surface area contributed by atoms with Gasteiger partial charge in [-0.3, -0.25) is 0 Å². The fourth-order valence-corrected chi connectivity index (χ4v) is 1.90. The van der Waals surface area contributed by atoms with Gasteiger partial charge < -0.3 is 24.4 Å². The Bertz CT molecular complexity index is 247. The number of halogens is 1. The molecular weight excluding hydrogens is 207 g/mol. The van der Waals surface area contributed by atoms with E-state index in [1.165, 1.54) is 0 Å². The Labute approximate surface area is 86.7 Å². The topological polar surface area (TPSA) is 68.2 Å². The van der Waals surface area contributed by atoms with Gasteiger partial charge in [-0.15, -0.1) is 0 Å². The molecule has 2 fully saturated rings. The summed E-state index contributed by atoms with van der Waals surface area (Å²) in [5, 5.41) is 18.0. The zero-order valence-electron chi connectivity index (χ0n) is 8.59. The lowest BCUT2D eigenvalue weighted by Gasteiger charge is -2.23. The van der Waals surface area contributed by atoms with Gasteiger partial charge in [0, 0.05) is 0 Å². The third kappa shape index (κ3) is 1.88. The summed E-state index contributed by atoms with van der Waals surface area (Å²) in [7, 11) is 0. The molecule has 2 aliphatic rings. The molecule has 15 heavy (non-hydrogen) atoms. The second-order valence-corrected chi connectivity index (χ2v) is 4.26. The summed E-state index contributed by atoms with van der Waals surface area (Å²) in [4.78, 5) is 0. The minimum absolute atomic E-state index is 0.548. The van der Waals surface area contributed by atoms with Gasteiger partial charge in [0.05, 0.1) is 6.61 Å². The van der Waals surface area contributed by atoms with Crippen molar-refractivity contribution in [3.63, 3.8) is 0 Å². The summed E-state index contributed by atoms with van der Waals surface area (Å²) in [6.45, 7) is 2.78. The quantitative estimate of drug-likeness (QED) is 0.662. The second kappa shape index (κ2) is 3.64. The number of ether oxygens (including phenoxy) is 3. The van der Waals surface area contributed by atoms with Crippen LogP contribution in [0.15, 0.2) is 0 Å². The lowest BCUT2D eigenvalue weighted by molar-refractivity contribution is -0.222. The molecular formula is C9H15FO5. The Morgan fingerprint density at radius 2 is 2.07 bits per heavy atom. The second-order valence-electron chi connectivity index (χ2n) is 4.26. The molecule has 88 valence electrons. The molecule has 2 heterocycles. The molecule has 2 aliphatic heterocycles. The number of hydrogen-bond acceptors (Lipinski definition) is 5. The van der Waals surface area contributed by atoms with Crippen molar-refractivity contribution in [3.05, 3.63) is 0 Å². The highest BCUT2D eigenvalue weighted by atomic mass is 19.1. The molecule has 0 spiro atoms. The summed E-state index contributed by atoms with van der Waals surface area (Å²) in [5.41, 5.74) is 0. The molecule has 2 saturated heterocycles. The average molecular weight is 222 g/mol. The zero-order valence-corrected chi connectivity index (χ0v) is 8.59. The lowest BCUT2D eigenvalue weighted by Crippen LogP contribution is -2.40. The van der Waals surface area contributed by atoms with E-state index in [1.807, 2.05) is 0 Å². The summed E-state index contributed by atoms with van der Waals surface area (Å²) in [6.07, 6.45) is -5.45. The van der Waals surface area contributed by atoms with E-state index in [0.29, 0.717) is 0 Å². The van der Waals surface area contributed by atoms with Crippen LogP contribution in [0.1, 0.15) is 13.8 Å². The minimum atomic E-state index is -1.49. The first-order valence-electron chi connectivity index (χ1n) is 4.89. The molecule has 0 saturated carbocycles. The molecule has 0 aromatic rings. The first-order valence-corrected chi connectivity index (χ1v) is 4.89. The van der Waals surface area contributed by atoms with Crippen molar-refractivity contribution in [2.45, 2.75) is 50.4 Å². The van der Waals surface area contributed by atoms with Crippen LogP contribution in [0.4, 0.5) is 4.39 Å². The number of alkyl halides is 1. The number of hydrogen-bond donors (Lipinski definition) is 2. The van der Waals surface area contributed by atoms with Crippen LogP contribution in [0, 0.1) is 0 Å². The zero-order chi connectivity index (χ0) is 11.2. The molecule has 5 atom stereocenters. The Morgan fingerprint density at radius 1 is 1.40 bits per heavy atom. The van der Waals surface area contributed by atoms with E-state index in [2.05, 4.69) is 0 Å². The summed E-state index contributed by atoms with van der Waals surface area (Å²) in [6, 6.07) is 0. The van der Waals surface area contributed by atoms with Gasteiger partial charge in [0.1, 0.15) is 18.3 Å². The van der Waals surface area contributed by atoms with Crippen molar-refractivity contribution in [2.24, 2.45) is 0 Å². The van der Waals surface area contributed by atoms with Crippen molar-refractivity contribution in [1.29, 1.82) is 0 Å². The Balaban J connectivity index is 2.05. The Hall–Kier alpha value is -0.270. The van der Waals surface area contributed by atoms with Crippen LogP contribution in [0.2, 0.25) is 0 Å². The van der Waals surface area contributed by atoms with Crippen molar-refractivity contribution in [3.8, 4) is 0 Å². The van der Waals surface area contributed by atoms with Gasteiger partial charge in [0.2, 0.25) is 0 Å². The van der Waals surface area contributed by atoms with Gasteiger partial charge in [-0.25, -0.2) is 4.39 Å². The molecule has 2 rings (SSSR count). The van der Waals surface area contributed by atoms with Crippen LogP contribution >= 0.6 is 0 Å². The predicted molar refractivity (Wildman–Crippen MR) is 46.7 cm³/mol. The first kappa shape index (κ1) is 11.2. The van der Waals surface area contributed by atoms with Crippen LogP contribution in [0.3, 0.4) is 0 Å². The molecule has 2 unspecified atom stereocenters. The summed E-state index contributed by atoms with van der Waals surface area (Å²) in [5.74, 6) is -0.866. The standard InChI is InChI=1S/C9H15FO5/c1-9(2)14-7-5(10)6(4(12)3-11)13-8(7)15-9/h4-8,11-12H,3H2,1-2H3/t4?,5?,6-,7+,8-/m1/s1. The molecule has 0 aromatic heterocycles. The molecule has 0 aromatic carbocycles. The van der Waals surface area contributed by atoms with E-state index < -0.39 is 43.2 Å². The van der Waals surface area contributed by atoms with Crippen LogP contribution in [-0.2, 0) is 14.2 Å². The van der Waals surface area contributed by atoms with Crippen LogP contribution < -0.4 is 0 Å². The Kier molecular flexibility index (Phi) is 2.72. The molecule has 0 bridgehead atoms. The van der Waals surface area contributed by atoms with Crippen LogP contribution in [0.5, 0.6) is 0 Å². The monoisotopic (exact) mass is 222 g/mol. The number of aliphatic hydroxyl groups excluding tert-OH is 2. The third-order valence-corrected chi connectivity index (χ3v) is 2.57. The highest BCUT2D eigenvalue weighted by Gasteiger charge is 2.56. The number of fused-ring (bicyclic) bond motifs is 1. The van der Waals surface area contributed by atoms with Crippen molar-refractivity contribution < 1.29 is 28.8 Å². The van der Waals surface area contributed by atoms with Crippen LogP contribution in [0.25, 0.3) is 0 Å². The predicted octanol–water partition coefficient (Wildman–Crippen LogP) is -0.446. The third-order valence-electron chi connectivity index (χ3n) is 2.57. The molecule has 0 amide bonds. The SMILES string of the molecule is CC1(C)O[C@H]2O[C@H](C(O)CO)C(F)[C@@H]2O1. The van der Waals surface area contributed by atoms with E-state index in [4.69, 9.17) is 19.3 Å². The smallest absolute Gasteiger partial charge is 0.190 e. The number of rotatable bonds is 2. The van der Waals surface area contributed by atoms with Gasteiger partial charge >= 0.3 is 0 Å². The highest BCUT2D eigenvalue weighted by molar-refractivity contribution is 4.95. The van der Waals surface area contributed by atoms with Crippen molar-refractivity contribution in [1.82, 2.24) is 0 Å². The maximum absolute atomic E-state index is 13.7. The molecule has 2 N–H and O–H groups in total. The van der Waals surface area contributed by atoms with Gasteiger partial charge in [-0.1, -0.05) is 0 Å². The van der Waals surface area contributed by atoms with Gasteiger partial charge in [-0.2, -0.15) is 0 Å². The van der Waals surface area contributed by atoms with E-state index in [9.17, 15) is 9.50 Å². The Morgan fingerprint density at radius 3 is 2.60 bits per heavy atom. The summed E-state index contributed by atoms with van der Waals surface area (Å²) >= 11 is 0. The molecule has 6 heteroatoms. The fourth-order valence-electron chi connectivity index (χ4n) is 1.90. The molecule has 0 radical (unpaired) electrons. The highest BCUT2D eigenvalue weighted by Crippen LogP contribution is 2.39. The maximum atomic E-state index is 13.7. The number of aliphatic hydroxyl groups is 2. The molecule has 5 nitrogen and oxygen atoms in total. The molecule has 0 aliphatic carbocycles. The van der Waals surface area contributed by atoms with Crippen molar-refractivity contribution >= 4 is 0 Å². The fraction of sp³-hybridized carbons (Fsp3) is 1.00. The van der Waals surface area contributed by atoms with Gasteiger partial charge in [0.25, 0.3) is 0 Å². The minimum Gasteiger partial charge on any atom is -0.394 e. The van der Waals surface area contributed by atoms with Crippen LogP contribution in [-0.4, -0.2) is 53.4 Å². The average Bonchev–Trinajstić information content (AvgIpc) is 2.60.